The molecule has 0 radical (unpaired) electrons. The van der Waals surface area contributed by atoms with E-state index < -0.39 is 9.84 Å². The maximum absolute atomic E-state index is 12.5. The molecule has 0 saturated carbocycles. The molecule has 1 aromatic carbocycles. The second-order valence-electron chi connectivity index (χ2n) is 8.01. The van der Waals surface area contributed by atoms with Gasteiger partial charge in [0, 0.05) is 56.4 Å². The molecular formula is C21H28N2O5S. The van der Waals surface area contributed by atoms with E-state index in [9.17, 15) is 13.2 Å². The summed E-state index contributed by atoms with van der Waals surface area (Å²) in [6, 6.07) is 5.76. The molecule has 0 atom stereocenters. The van der Waals surface area contributed by atoms with Gasteiger partial charge in [-0.05, 0) is 37.5 Å². The van der Waals surface area contributed by atoms with Gasteiger partial charge >= 0.3 is 0 Å². The highest BCUT2D eigenvalue weighted by Gasteiger charge is 2.22. The minimum Gasteiger partial charge on any atom is -0.484 e. The third-order valence-electron chi connectivity index (χ3n) is 5.79. The second-order valence-corrected chi connectivity index (χ2v) is 10.3. The monoisotopic (exact) mass is 420 g/mol. The zero-order chi connectivity index (χ0) is 20.4. The Morgan fingerprint density at radius 1 is 1.14 bits per heavy atom. The van der Waals surface area contributed by atoms with Gasteiger partial charge in [-0.1, -0.05) is 0 Å². The van der Waals surface area contributed by atoms with Crippen LogP contribution in [0.2, 0.25) is 0 Å². The van der Waals surface area contributed by atoms with Crippen molar-refractivity contribution in [3.8, 4) is 5.75 Å². The Kier molecular flexibility index (Phi) is 5.83. The fourth-order valence-electron chi connectivity index (χ4n) is 4.08. The van der Waals surface area contributed by atoms with E-state index in [1.807, 2.05) is 18.2 Å². The number of hydrogen-bond donors (Lipinski definition) is 0. The molecular weight excluding hydrogens is 392 g/mol. The number of carbonyl (C=O) groups excluding carboxylic acids is 1. The van der Waals surface area contributed by atoms with E-state index in [0.29, 0.717) is 38.5 Å². The summed E-state index contributed by atoms with van der Waals surface area (Å²) in [7, 11) is -2.96. The van der Waals surface area contributed by atoms with E-state index in [0.717, 1.165) is 29.6 Å². The fourth-order valence-corrected chi connectivity index (χ4v) is 4.67. The Labute approximate surface area is 171 Å². The maximum atomic E-state index is 12.5. The normalized spacial score (nSPS) is 18.0. The molecule has 1 aliphatic heterocycles. The number of ether oxygens (including phenoxy) is 1. The Bertz CT molecular complexity index is 990. The van der Waals surface area contributed by atoms with Crippen LogP contribution in [0.4, 0.5) is 0 Å². The molecule has 158 valence electrons. The number of piperazine rings is 1. The molecule has 8 heteroatoms. The van der Waals surface area contributed by atoms with Crippen molar-refractivity contribution in [3.63, 3.8) is 0 Å². The molecule has 0 spiro atoms. The van der Waals surface area contributed by atoms with Crippen molar-refractivity contribution >= 4 is 26.7 Å². The number of benzene rings is 1. The molecule has 2 aromatic rings. The number of rotatable bonds is 6. The number of carbonyl (C=O) groups is 1. The van der Waals surface area contributed by atoms with Crippen LogP contribution in [0.3, 0.4) is 0 Å². The van der Waals surface area contributed by atoms with Crippen LogP contribution in [0.1, 0.15) is 24.2 Å². The largest absolute Gasteiger partial charge is 0.484 e. The van der Waals surface area contributed by atoms with Gasteiger partial charge in [-0.2, -0.15) is 0 Å². The first kappa shape index (κ1) is 20.2. The molecule has 1 amide bonds. The van der Waals surface area contributed by atoms with E-state index >= 15 is 0 Å². The lowest BCUT2D eigenvalue weighted by Gasteiger charge is -2.34. The number of sulfone groups is 1. The van der Waals surface area contributed by atoms with Crippen molar-refractivity contribution in [3.05, 3.63) is 29.5 Å². The molecule has 0 N–H and O–H groups in total. The summed E-state index contributed by atoms with van der Waals surface area (Å²) in [4.78, 5) is 16.4. The van der Waals surface area contributed by atoms with Crippen LogP contribution in [-0.2, 0) is 27.5 Å². The van der Waals surface area contributed by atoms with Crippen molar-refractivity contribution in [2.75, 3.05) is 51.3 Å². The van der Waals surface area contributed by atoms with Crippen molar-refractivity contribution in [2.45, 2.75) is 25.7 Å². The first-order valence-electron chi connectivity index (χ1n) is 10.2. The van der Waals surface area contributed by atoms with Crippen LogP contribution in [0.25, 0.3) is 11.0 Å². The standard InChI is InChI=1S/C21H28N2O5S/c1-29(25,26)13-12-22-8-10-23(11-9-22)21(24)15-27-16-6-7-20-18(14-16)17-4-2-3-5-19(17)28-20/h6-7,14H,2-5,8-13,15H2,1H3. The van der Waals surface area contributed by atoms with Gasteiger partial charge in [0.15, 0.2) is 6.61 Å². The third kappa shape index (κ3) is 4.93. The van der Waals surface area contributed by atoms with Gasteiger partial charge in [0.25, 0.3) is 5.91 Å². The van der Waals surface area contributed by atoms with Crippen LogP contribution in [0.15, 0.2) is 22.6 Å². The molecule has 1 fully saturated rings. The van der Waals surface area contributed by atoms with E-state index in [1.165, 1.54) is 24.7 Å². The quantitative estimate of drug-likeness (QED) is 0.710. The molecule has 4 rings (SSSR count). The molecule has 1 aliphatic carbocycles. The number of hydrogen-bond acceptors (Lipinski definition) is 6. The summed E-state index contributed by atoms with van der Waals surface area (Å²) >= 11 is 0. The van der Waals surface area contributed by atoms with E-state index in [1.54, 1.807) is 4.90 Å². The maximum Gasteiger partial charge on any atom is 0.260 e. The lowest BCUT2D eigenvalue weighted by Crippen LogP contribution is -2.50. The number of aryl methyl sites for hydroxylation is 2. The highest BCUT2D eigenvalue weighted by atomic mass is 32.2. The Morgan fingerprint density at radius 3 is 2.66 bits per heavy atom. The van der Waals surface area contributed by atoms with Crippen LogP contribution < -0.4 is 4.74 Å². The second kappa shape index (κ2) is 8.36. The minimum atomic E-state index is -2.96. The molecule has 1 aromatic heterocycles. The number of furan rings is 1. The number of amides is 1. The fraction of sp³-hybridized carbons (Fsp3) is 0.571. The SMILES string of the molecule is CS(=O)(=O)CCN1CCN(C(=O)COc2ccc3oc4c(c3c2)CCCC4)CC1. The number of nitrogens with zero attached hydrogens (tertiary/aromatic N) is 2. The van der Waals surface area contributed by atoms with Crippen LogP contribution >= 0.6 is 0 Å². The molecule has 2 aliphatic rings. The lowest BCUT2D eigenvalue weighted by atomic mass is 9.96. The summed E-state index contributed by atoms with van der Waals surface area (Å²) in [5, 5.41) is 1.10. The van der Waals surface area contributed by atoms with Crippen LogP contribution in [-0.4, -0.2) is 75.5 Å². The molecule has 0 unspecified atom stereocenters. The molecule has 29 heavy (non-hydrogen) atoms. The lowest BCUT2D eigenvalue weighted by molar-refractivity contribution is -0.135. The summed E-state index contributed by atoms with van der Waals surface area (Å²) in [6.07, 6.45) is 5.64. The molecule has 7 nitrogen and oxygen atoms in total. The van der Waals surface area contributed by atoms with Gasteiger partial charge in [-0.15, -0.1) is 0 Å². The van der Waals surface area contributed by atoms with Gasteiger partial charge in [0.1, 0.15) is 26.9 Å². The Balaban J connectivity index is 1.30. The van der Waals surface area contributed by atoms with Gasteiger partial charge in [0.05, 0.1) is 5.75 Å². The zero-order valence-electron chi connectivity index (χ0n) is 16.9. The van der Waals surface area contributed by atoms with Crippen molar-refractivity contribution < 1.29 is 22.4 Å². The average Bonchev–Trinajstić information content (AvgIpc) is 3.08. The van der Waals surface area contributed by atoms with Crippen LogP contribution in [0.5, 0.6) is 5.75 Å². The summed E-state index contributed by atoms with van der Waals surface area (Å²) < 4.78 is 34.3. The highest BCUT2D eigenvalue weighted by molar-refractivity contribution is 7.90. The summed E-state index contributed by atoms with van der Waals surface area (Å²) in [6.45, 7) is 3.10. The number of fused-ring (bicyclic) bond motifs is 3. The zero-order valence-corrected chi connectivity index (χ0v) is 17.7. The summed E-state index contributed by atoms with van der Waals surface area (Å²) in [5.41, 5.74) is 2.18. The smallest absolute Gasteiger partial charge is 0.260 e. The molecule has 0 bridgehead atoms. The van der Waals surface area contributed by atoms with E-state index in [4.69, 9.17) is 9.15 Å². The summed E-state index contributed by atoms with van der Waals surface area (Å²) in [5.74, 6) is 1.90. The predicted molar refractivity (Wildman–Crippen MR) is 111 cm³/mol. The first-order chi connectivity index (χ1) is 13.9. The minimum absolute atomic E-state index is 0.00882. The van der Waals surface area contributed by atoms with Crippen LogP contribution in [0, 0.1) is 0 Å². The van der Waals surface area contributed by atoms with Gasteiger partial charge < -0.3 is 14.1 Å². The van der Waals surface area contributed by atoms with Gasteiger partial charge in [0.2, 0.25) is 0 Å². The third-order valence-corrected chi connectivity index (χ3v) is 6.72. The Morgan fingerprint density at radius 2 is 1.90 bits per heavy atom. The van der Waals surface area contributed by atoms with E-state index in [-0.39, 0.29) is 18.3 Å². The van der Waals surface area contributed by atoms with Gasteiger partial charge in [-0.3, -0.25) is 9.69 Å². The average molecular weight is 421 g/mol. The first-order valence-corrected chi connectivity index (χ1v) is 12.3. The highest BCUT2D eigenvalue weighted by Crippen LogP contribution is 2.33. The predicted octanol–water partition coefficient (Wildman–Crippen LogP) is 1.88. The van der Waals surface area contributed by atoms with Crippen molar-refractivity contribution in [1.82, 2.24) is 9.80 Å². The Hall–Kier alpha value is -2.06. The topological polar surface area (TPSA) is 80.1 Å². The van der Waals surface area contributed by atoms with Crippen molar-refractivity contribution in [1.29, 1.82) is 0 Å². The van der Waals surface area contributed by atoms with E-state index in [2.05, 4.69) is 4.90 Å². The molecule has 1 saturated heterocycles. The molecule has 2 heterocycles. The van der Waals surface area contributed by atoms with Crippen molar-refractivity contribution in [2.24, 2.45) is 0 Å². The van der Waals surface area contributed by atoms with Gasteiger partial charge in [-0.25, -0.2) is 8.42 Å².